The largest absolute Gasteiger partial charge is 0.364 e. The fourth-order valence-corrected chi connectivity index (χ4v) is 3.39. The molecule has 0 saturated heterocycles. The van der Waals surface area contributed by atoms with Crippen molar-refractivity contribution in [1.82, 2.24) is 35.6 Å². The number of anilines is 4. The Morgan fingerprint density at radius 2 is 2.00 bits per heavy atom. The highest BCUT2D eigenvalue weighted by molar-refractivity contribution is 6.00. The van der Waals surface area contributed by atoms with Crippen molar-refractivity contribution in [3.05, 3.63) is 41.4 Å². The average Bonchev–Trinajstić information content (AvgIpc) is 3.12. The van der Waals surface area contributed by atoms with Crippen LogP contribution in [0.4, 0.5) is 32.1 Å². The highest BCUT2D eigenvalue weighted by atomic mass is 19.1. The first-order chi connectivity index (χ1) is 16.4. The molecule has 4 N–H and O–H groups in total. The number of carbonyl (C=O) groups is 2. The van der Waals surface area contributed by atoms with E-state index >= 15 is 0 Å². The zero-order chi connectivity index (χ0) is 25.5. The number of benzene rings is 1. The molecule has 0 radical (unpaired) electrons. The second-order valence-electron chi connectivity index (χ2n) is 6.94. The smallest absolute Gasteiger partial charge is 0.320 e. The summed E-state index contributed by atoms with van der Waals surface area (Å²) in [4.78, 5) is 30.5. The van der Waals surface area contributed by atoms with Gasteiger partial charge in [-0.1, -0.05) is 0 Å². The number of amides is 3. The van der Waals surface area contributed by atoms with Gasteiger partial charge < -0.3 is 20.9 Å². The Balaban J connectivity index is 1.82. The minimum atomic E-state index is -2.78. The summed E-state index contributed by atoms with van der Waals surface area (Å²) in [5, 5.41) is 21.4. The van der Waals surface area contributed by atoms with Gasteiger partial charge in [0.2, 0.25) is 0 Å². The van der Waals surface area contributed by atoms with Crippen molar-refractivity contribution in [2.75, 3.05) is 36.6 Å². The standard InChI is InChI=1S/C19H21FN10O2/c1-9-23-15-8-29(4)17-12(5-10(20)6-13(17)30(15)28-9)24-11-7-14(25-19(32)22-3)26-27-16(11)18(31)21-2/h5-7H,8H2,1-4H3,(H,21,31)(H3,22,24,25,26,32)/i2D3. The van der Waals surface area contributed by atoms with E-state index in [-0.39, 0.29) is 22.9 Å². The van der Waals surface area contributed by atoms with Crippen molar-refractivity contribution >= 4 is 34.8 Å². The predicted molar refractivity (Wildman–Crippen MR) is 115 cm³/mol. The fourth-order valence-electron chi connectivity index (χ4n) is 3.39. The number of rotatable bonds is 4. The molecule has 3 heterocycles. The van der Waals surface area contributed by atoms with Gasteiger partial charge in [0, 0.05) is 37.3 Å². The first-order valence-electron chi connectivity index (χ1n) is 10.9. The molecule has 13 heteroatoms. The fraction of sp³-hybridized carbons (Fsp3) is 0.263. The second kappa shape index (κ2) is 8.09. The first-order valence-corrected chi connectivity index (χ1v) is 9.39. The Labute approximate surface area is 186 Å². The summed E-state index contributed by atoms with van der Waals surface area (Å²) in [6.45, 7) is -0.684. The molecule has 1 aliphatic rings. The van der Waals surface area contributed by atoms with Crippen molar-refractivity contribution in [2.45, 2.75) is 13.5 Å². The van der Waals surface area contributed by atoms with E-state index in [4.69, 9.17) is 4.11 Å². The minimum absolute atomic E-state index is 0.0186. The lowest BCUT2D eigenvalue weighted by Crippen LogP contribution is -2.28. The van der Waals surface area contributed by atoms with Crippen LogP contribution in [-0.2, 0) is 6.54 Å². The molecule has 166 valence electrons. The summed E-state index contributed by atoms with van der Waals surface area (Å²) >= 11 is 0. The third kappa shape index (κ3) is 3.75. The summed E-state index contributed by atoms with van der Waals surface area (Å²) in [6.07, 6.45) is 0. The number of halogens is 1. The van der Waals surface area contributed by atoms with Gasteiger partial charge >= 0.3 is 6.03 Å². The van der Waals surface area contributed by atoms with Crippen molar-refractivity contribution in [2.24, 2.45) is 0 Å². The van der Waals surface area contributed by atoms with Gasteiger partial charge in [0.25, 0.3) is 5.91 Å². The van der Waals surface area contributed by atoms with Crippen LogP contribution in [0, 0.1) is 12.7 Å². The van der Waals surface area contributed by atoms with Gasteiger partial charge in [0.1, 0.15) is 11.6 Å². The van der Waals surface area contributed by atoms with Crippen LogP contribution in [0.3, 0.4) is 0 Å². The lowest BCUT2D eigenvalue weighted by atomic mass is 10.1. The molecule has 3 amide bonds. The van der Waals surface area contributed by atoms with E-state index in [2.05, 4.69) is 36.2 Å². The molecule has 0 saturated carbocycles. The van der Waals surface area contributed by atoms with Crippen molar-refractivity contribution in [3.8, 4) is 5.69 Å². The van der Waals surface area contributed by atoms with Gasteiger partial charge in [-0.05, 0) is 13.0 Å². The van der Waals surface area contributed by atoms with Crippen LogP contribution in [0.5, 0.6) is 0 Å². The minimum Gasteiger partial charge on any atom is -0.364 e. The summed E-state index contributed by atoms with van der Waals surface area (Å²) < 4.78 is 38.2. The van der Waals surface area contributed by atoms with Gasteiger partial charge in [-0.3, -0.25) is 10.1 Å². The number of hydrogen-bond donors (Lipinski definition) is 4. The number of urea groups is 1. The van der Waals surface area contributed by atoms with Crippen LogP contribution < -0.4 is 26.2 Å². The third-order valence-corrected chi connectivity index (χ3v) is 4.68. The van der Waals surface area contributed by atoms with Gasteiger partial charge in [-0.25, -0.2) is 18.9 Å². The number of aromatic nitrogens is 5. The molecule has 12 nitrogen and oxygen atoms in total. The maximum Gasteiger partial charge on any atom is 0.320 e. The number of nitrogens with one attached hydrogen (secondary N) is 4. The van der Waals surface area contributed by atoms with Crippen molar-refractivity contribution in [1.29, 1.82) is 0 Å². The molecule has 0 spiro atoms. The third-order valence-electron chi connectivity index (χ3n) is 4.68. The monoisotopic (exact) mass is 443 g/mol. The molecule has 3 aromatic rings. The zero-order valence-corrected chi connectivity index (χ0v) is 17.3. The summed E-state index contributed by atoms with van der Waals surface area (Å²) in [5.74, 6) is -0.536. The number of fused-ring (bicyclic) bond motifs is 3. The van der Waals surface area contributed by atoms with Gasteiger partial charge in [-0.15, -0.1) is 10.2 Å². The second-order valence-corrected chi connectivity index (χ2v) is 6.94. The number of carbonyl (C=O) groups excluding carboxylic acids is 2. The van der Waals surface area contributed by atoms with E-state index in [0.717, 1.165) is 0 Å². The van der Waals surface area contributed by atoms with Crippen LogP contribution in [0.2, 0.25) is 0 Å². The molecular formula is C19H21FN10O2. The maximum atomic E-state index is 14.7. The van der Waals surface area contributed by atoms with E-state index in [9.17, 15) is 14.0 Å². The Kier molecular flexibility index (Phi) is 4.40. The van der Waals surface area contributed by atoms with Crippen molar-refractivity contribution < 1.29 is 18.1 Å². The molecule has 0 atom stereocenters. The van der Waals surface area contributed by atoms with Gasteiger partial charge in [0.05, 0.1) is 29.3 Å². The molecule has 4 rings (SSSR count). The van der Waals surface area contributed by atoms with E-state index in [1.807, 2.05) is 10.2 Å². The van der Waals surface area contributed by atoms with Crippen molar-refractivity contribution in [3.63, 3.8) is 0 Å². The number of aryl methyl sites for hydroxylation is 1. The van der Waals surface area contributed by atoms with Crippen LogP contribution in [0.1, 0.15) is 26.2 Å². The Morgan fingerprint density at radius 3 is 2.75 bits per heavy atom. The van der Waals surface area contributed by atoms with E-state index in [0.29, 0.717) is 29.6 Å². The maximum absolute atomic E-state index is 14.7. The molecule has 0 unspecified atom stereocenters. The Hall–Kier alpha value is -4.29. The van der Waals surface area contributed by atoms with E-state index in [1.54, 1.807) is 14.0 Å². The summed E-state index contributed by atoms with van der Waals surface area (Å²) in [5.41, 5.74) is 0.801. The molecule has 32 heavy (non-hydrogen) atoms. The van der Waals surface area contributed by atoms with Crippen LogP contribution in [0.15, 0.2) is 18.2 Å². The quantitative estimate of drug-likeness (QED) is 0.473. The number of hydrogen-bond acceptors (Lipinski definition) is 8. The zero-order valence-electron chi connectivity index (χ0n) is 20.3. The lowest BCUT2D eigenvalue weighted by molar-refractivity contribution is 0.0958. The van der Waals surface area contributed by atoms with Gasteiger partial charge in [-0.2, -0.15) is 5.10 Å². The SMILES string of the molecule is [2H]C([2H])([2H])NC(=O)c1nnc(NC(=O)NC)cc1Nc1cc(F)cc2c1N(C)Cc1nc(C)nn1-2. The molecule has 0 fully saturated rings. The Morgan fingerprint density at radius 1 is 1.19 bits per heavy atom. The number of nitrogens with zero attached hydrogens (tertiary/aromatic N) is 6. The molecule has 0 aliphatic carbocycles. The average molecular weight is 443 g/mol. The predicted octanol–water partition coefficient (Wildman–Crippen LogP) is 1.31. The lowest BCUT2D eigenvalue weighted by Gasteiger charge is -2.30. The van der Waals surface area contributed by atoms with Crippen LogP contribution in [0.25, 0.3) is 5.69 Å². The molecule has 2 aromatic heterocycles. The highest BCUT2D eigenvalue weighted by Crippen LogP contribution is 2.39. The molecular weight excluding hydrogens is 419 g/mol. The van der Waals surface area contributed by atoms with Crippen LogP contribution >= 0.6 is 0 Å². The highest BCUT2D eigenvalue weighted by Gasteiger charge is 2.27. The molecule has 0 bridgehead atoms. The van der Waals surface area contributed by atoms with Gasteiger partial charge in [0.15, 0.2) is 17.3 Å². The Bertz CT molecular complexity index is 1330. The van der Waals surface area contributed by atoms with Crippen LogP contribution in [-0.4, -0.2) is 58.0 Å². The first kappa shape index (κ1) is 17.4. The summed E-state index contributed by atoms with van der Waals surface area (Å²) in [7, 11) is 3.18. The normalized spacial score (nSPS) is 13.8. The molecule has 1 aromatic carbocycles. The summed E-state index contributed by atoms with van der Waals surface area (Å²) in [6, 6.07) is 3.20. The topological polar surface area (TPSA) is 142 Å². The van der Waals surface area contributed by atoms with E-state index < -0.39 is 24.7 Å². The van der Waals surface area contributed by atoms with E-state index in [1.165, 1.54) is 29.9 Å². The molecule has 1 aliphatic heterocycles.